The second-order valence-corrected chi connectivity index (χ2v) is 4.07. The van der Waals surface area contributed by atoms with E-state index in [0.717, 1.165) is 24.7 Å². The van der Waals surface area contributed by atoms with Crippen molar-refractivity contribution in [3.63, 3.8) is 0 Å². The predicted molar refractivity (Wildman–Crippen MR) is 70.6 cm³/mol. The fourth-order valence-electron chi connectivity index (χ4n) is 1.61. The first-order valence-electron chi connectivity index (χ1n) is 6.00. The predicted octanol–water partition coefficient (Wildman–Crippen LogP) is 1.77. The van der Waals surface area contributed by atoms with Crippen LogP contribution in [0.3, 0.4) is 0 Å². The molecule has 1 aromatic rings. The van der Waals surface area contributed by atoms with Crippen LogP contribution < -0.4 is 10.2 Å². The summed E-state index contributed by atoms with van der Waals surface area (Å²) in [4.78, 5) is 10.7. The molecule has 0 aliphatic heterocycles. The topological polar surface area (TPSA) is 50.3 Å². The molecule has 17 heavy (non-hydrogen) atoms. The molecule has 0 radical (unpaired) electrons. The number of methoxy groups -OCH3 is 1. The molecule has 0 saturated carbocycles. The normalized spacial score (nSPS) is 10.6. The minimum Gasteiger partial charge on any atom is -0.383 e. The third kappa shape index (κ3) is 4.19. The van der Waals surface area contributed by atoms with Crippen molar-refractivity contribution in [2.45, 2.75) is 26.8 Å². The van der Waals surface area contributed by atoms with Gasteiger partial charge in [-0.25, -0.2) is 9.97 Å². The van der Waals surface area contributed by atoms with Crippen LogP contribution in [0.2, 0.25) is 0 Å². The third-order valence-corrected chi connectivity index (χ3v) is 2.46. The van der Waals surface area contributed by atoms with Crippen molar-refractivity contribution >= 4 is 11.6 Å². The highest BCUT2D eigenvalue weighted by Crippen LogP contribution is 2.16. The van der Waals surface area contributed by atoms with Gasteiger partial charge >= 0.3 is 0 Å². The van der Waals surface area contributed by atoms with Crippen molar-refractivity contribution in [1.82, 2.24) is 9.97 Å². The van der Waals surface area contributed by atoms with Crippen LogP contribution in [0.15, 0.2) is 12.4 Å². The molecule has 1 aromatic heterocycles. The van der Waals surface area contributed by atoms with Crippen LogP contribution in [-0.4, -0.2) is 42.8 Å². The highest BCUT2D eigenvalue weighted by molar-refractivity contribution is 5.48. The number of anilines is 2. The van der Waals surface area contributed by atoms with Gasteiger partial charge in [0.1, 0.15) is 18.0 Å². The Kier molecular flexibility index (Phi) is 5.69. The monoisotopic (exact) mass is 238 g/mol. The lowest BCUT2D eigenvalue weighted by Crippen LogP contribution is -2.34. The summed E-state index contributed by atoms with van der Waals surface area (Å²) in [7, 11) is 1.71. The fourth-order valence-corrected chi connectivity index (χ4v) is 1.61. The lowest BCUT2D eigenvalue weighted by Gasteiger charge is -2.27. The molecule has 0 bridgehead atoms. The molecule has 0 amide bonds. The van der Waals surface area contributed by atoms with E-state index in [1.807, 2.05) is 13.0 Å². The van der Waals surface area contributed by atoms with Gasteiger partial charge in [-0.3, -0.25) is 0 Å². The molecule has 5 nitrogen and oxygen atoms in total. The van der Waals surface area contributed by atoms with Crippen molar-refractivity contribution < 1.29 is 4.74 Å². The van der Waals surface area contributed by atoms with Gasteiger partial charge in [-0.15, -0.1) is 0 Å². The number of nitrogens with one attached hydrogen (secondary N) is 1. The van der Waals surface area contributed by atoms with E-state index in [-0.39, 0.29) is 0 Å². The first kappa shape index (κ1) is 13.7. The largest absolute Gasteiger partial charge is 0.383 e. The molecule has 0 aliphatic rings. The summed E-state index contributed by atoms with van der Waals surface area (Å²) in [6.07, 6.45) is 1.59. The number of ether oxygens (including phenoxy) is 1. The smallest absolute Gasteiger partial charge is 0.134 e. The van der Waals surface area contributed by atoms with Crippen molar-refractivity contribution in [1.29, 1.82) is 0 Å². The van der Waals surface area contributed by atoms with Gasteiger partial charge in [0.05, 0.1) is 6.61 Å². The second-order valence-electron chi connectivity index (χ2n) is 4.07. The Hall–Kier alpha value is -1.36. The molecule has 5 heteroatoms. The van der Waals surface area contributed by atoms with Gasteiger partial charge in [-0.05, 0) is 20.8 Å². The number of hydrogen-bond acceptors (Lipinski definition) is 5. The molecule has 0 saturated heterocycles. The number of rotatable bonds is 7. The molecular weight excluding hydrogens is 216 g/mol. The van der Waals surface area contributed by atoms with Crippen molar-refractivity contribution in [2.24, 2.45) is 0 Å². The number of aromatic nitrogens is 2. The summed E-state index contributed by atoms with van der Waals surface area (Å²) >= 11 is 0. The molecule has 0 aliphatic carbocycles. The molecule has 1 heterocycles. The zero-order valence-corrected chi connectivity index (χ0v) is 11.1. The van der Waals surface area contributed by atoms with E-state index in [1.165, 1.54) is 0 Å². The molecule has 96 valence electrons. The average molecular weight is 238 g/mol. The van der Waals surface area contributed by atoms with Gasteiger partial charge in [0.15, 0.2) is 0 Å². The lowest BCUT2D eigenvalue weighted by molar-refractivity contribution is 0.203. The van der Waals surface area contributed by atoms with E-state index < -0.39 is 0 Å². The maximum Gasteiger partial charge on any atom is 0.134 e. The first-order valence-corrected chi connectivity index (χ1v) is 6.00. The van der Waals surface area contributed by atoms with Gasteiger partial charge in [0, 0.05) is 32.3 Å². The minimum atomic E-state index is 0.384. The average Bonchev–Trinajstić information content (AvgIpc) is 2.30. The Balaban J connectivity index is 2.81. The molecule has 0 atom stereocenters. The minimum absolute atomic E-state index is 0.384. The van der Waals surface area contributed by atoms with E-state index in [1.54, 1.807) is 13.4 Å². The summed E-state index contributed by atoms with van der Waals surface area (Å²) in [6, 6.07) is 2.36. The van der Waals surface area contributed by atoms with E-state index >= 15 is 0 Å². The lowest BCUT2D eigenvalue weighted by atomic mass is 10.3. The molecular formula is C12H22N4O. The molecule has 0 unspecified atom stereocenters. The maximum atomic E-state index is 5.12. The summed E-state index contributed by atoms with van der Waals surface area (Å²) in [5.41, 5.74) is 0. The molecule has 1 rings (SSSR count). The van der Waals surface area contributed by atoms with Crippen LogP contribution in [0.4, 0.5) is 11.6 Å². The van der Waals surface area contributed by atoms with E-state index in [9.17, 15) is 0 Å². The zero-order chi connectivity index (χ0) is 12.7. The Bertz CT molecular complexity index is 330. The third-order valence-electron chi connectivity index (χ3n) is 2.46. The summed E-state index contributed by atoms with van der Waals surface area (Å²) in [5.74, 6) is 1.79. The Morgan fingerprint density at radius 1 is 1.41 bits per heavy atom. The maximum absolute atomic E-state index is 5.12. The molecule has 1 N–H and O–H groups in total. The van der Waals surface area contributed by atoms with Crippen LogP contribution in [0.5, 0.6) is 0 Å². The molecule has 0 aromatic carbocycles. The van der Waals surface area contributed by atoms with Crippen LogP contribution in [0.1, 0.15) is 20.8 Å². The van der Waals surface area contributed by atoms with E-state index in [0.29, 0.717) is 12.6 Å². The van der Waals surface area contributed by atoms with Crippen molar-refractivity contribution in [3.8, 4) is 0 Å². The fraction of sp³-hybridized carbons (Fsp3) is 0.667. The van der Waals surface area contributed by atoms with Crippen LogP contribution in [0.25, 0.3) is 0 Å². The van der Waals surface area contributed by atoms with E-state index in [4.69, 9.17) is 4.74 Å². The zero-order valence-electron chi connectivity index (χ0n) is 11.1. The Labute approximate surface area is 103 Å². The Morgan fingerprint density at radius 3 is 2.76 bits per heavy atom. The summed E-state index contributed by atoms with van der Waals surface area (Å²) in [6.45, 7) is 8.72. The van der Waals surface area contributed by atoms with Crippen LogP contribution in [-0.2, 0) is 4.74 Å². The van der Waals surface area contributed by atoms with Crippen LogP contribution >= 0.6 is 0 Å². The van der Waals surface area contributed by atoms with Crippen LogP contribution in [0, 0.1) is 0 Å². The van der Waals surface area contributed by atoms with Gasteiger partial charge in [-0.2, -0.15) is 0 Å². The van der Waals surface area contributed by atoms with Gasteiger partial charge in [0.2, 0.25) is 0 Å². The molecule has 0 fully saturated rings. The van der Waals surface area contributed by atoms with E-state index in [2.05, 4.69) is 34.0 Å². The van der Waals surface area contributed by atoms with Gasteiger partial charge in [-0.1, -0.05) is 0 Å². The number of nitrogens with zero attached hydrogens (tertiary/aromatic N) is 3. The van der Waals surface area contributed by atoms with Gasteiger partial charge < -0.3 is 15.0 Å². The Morgan fingerprint density at radius 2 is 2.18 bits per heavy atom. The first-order chi connectivity index (χ1) is 8.19. The van der Waals surface area contributed by atoms with Crippen molar-refractivity contribution in [3.05, 3.63) is 12.4 Å². The highest BCUT2D eigenvalue weighted by atomic mass is 16.5. The number of hydrogen-bond donors (Lipinski definition) is 1. The second kappa shape index (κ2) is 7.06. The SMILES string of the molecule is CCNc1cc(N(CCOC)C(C)C)ncn1. The quantitative estimate of drug-likeness (QED) is 0.784. The summed E-state index contributed by atoms with van der Waals surface area (Å²) < 4.78 is 5.12. The molecule has 0 spiro atoms. The van der Waals surface area contributed by atoms with Gasteiger partial charge in [0.25, 0.3) is 0 Å². The summed E-state index contributed by atoms with van der Waals surface area (Å²) in [5, 5.41) is 3.19. The highest BCUT2D eigenvalue weighted by Gasteiger charge is 2.12. The van der Waals surface area contributed by atoms with Crippen molar-refractivity contribution in [2.75, 3.05) is 37.0 Å². The standard InChI is InChI=1S/C12H22N4O/c1-5-13-11-8-12(15-9-14-11)16(10(2)3)6-7-17-4/h8-10H,5-7H2,1-4H3,(H,13,14,15).